The zero-order valence-electron chi connectivity index (χ0n) is 86.1. The summed E-state index contributed by atoms with van der Waals surface area (Å²) in [6.45, 7) is 46.4. The molecule has 0 radical (unpaired) electrons. The highest BCUT2D eigenvalue weighted by Crippen LogP contribution is 2.49. The smallest absolute Gasteiger partial charge is 0.207 e. The van der Waals surface area contributed by atoms with Crippen LogP contribution in [-0.4, -0.2) is 199 Å². The normalized spacial score (nSPS) is 16.3. The number of ketones is 4. The second-order valence-electron chi connectivity index (χ2n) is 38.8. The third kappa shape index (κ3) is 27.0. The fourth-order valence-corrected chi connectivity index (χ4v) is 19.6. The van der Waals surface area contributed by atoms with Crippen LogP contribution in [0.2, 0.25) is 0 Å². The number of halogens is 5. The first kappa shape index (κ1) is 107. The number of benzene rings is 8. The van der Waals surface area contributed by atoms with Crippen molar-refractivity contribution >= 4 is 67.5 Å². The molecule has 8 aromatic carbocycles. The molecule has 24 nitrogen and oxygen atoms in total. The SMILES string of the molecule is CC(=O)c1c(OC2CN(C3CCCC3)C2)c(OCCC(C)c2ccc(F)cc2)c2oc(C)nc2c1C.CC(=O)c1c(OCCN2CCCC(C)(F)C2)c(OCCC(C)c2ccc(F)cc2)c2oc(C)nc2c1C.CC(=O)c1c(OCCN2CCCCC2)c(OCCC(C)c2ccc(F)cc2)c2oc(C)nc2c1C.CCN(CC)CCOc1c(C(C)=O)c(C)c2nc(C)oc2c1OCCC(C)c1ccc(F)cc1. The molecule has 142 heavy (non-hydrogen) atoms. The molecule has 0 N–H and O–H groups in total. The van der Waals surface area contributed by atoms with Crippen molar-refractivity contribution in [3.05, 3.63) is 211 Å². The van der Waals surface area contributed by atoms with Gasteiger partial charge < -0.3 is 60.5 Å². The molecule has 4 aromatic heterocycles. The lowest BCUT2D eigenvalue weighted by molar-refractivity contribution is -0.00906. The van der Waals surface area contributed by atoms with Crippen molar-refractivity contribution in [2.24, 2.45) is 0 Å². The van der Waals surface area contributed by atoms with E-state index in [2.05, 4.69) is 76.2 Å². The molecule has 764 valence electrons. The predicted octanol–water partition coefficient (Wildman–Crippen LogP) is 25.2. The van der Waals surface area contributed by atoms with Crippen molar-refractivity contribution in [3.8, 4) is 46.0 Å². The number of oxazole rings is 4. The molecule has 4 aliphatic rings. The standard InChI is InChI=1S/C29H36F2N2O4.C29H35FN2O4.C28H35FN2O4.C27H35FN2O4/c1-18(22-7-9-23(30)10-8-22)11-15-35-28-26(36-16-14-33-13-6-12-29(5,31)17-33)24(20(3)34)19(2)25-27(28)37-21(4)32-25;1-17(21-9-11-22(30)12-10-21)13-14-34-29-27(36-24-15-32(16-24)23-7-5-6-8-23)25(19(3)33)18(2)26-28(29)35-20(4)31-26;1-18(22-8-10-23(29)11-9-22)12-16-33-28-26(34-17-15-31-13-6-5-7-14-31)24(20(3)32)19(2)25-27(28)35-21(4)30-25;1-7-30(8-2)14-16-33-25-23(19(5)31)18(4)24-26(34-20(6)29-24)27(25)32-15-13-17(3)21-9-11-22(28)12-10-21/h7-10,18H,6,11-17H2,1-5H3;9-12,17,23-24H,5-8,13-16H2,1-4H3;8-11,18H,5-7,12-17H2,1-4H3;9-12,17H,7-8,13-16H2,1-6H3. The number of nitrogens with zero attached hydrogens (tertiary/aromatic N) is 8. The molecule has 1 saturated carbocycles. The summed E-state index contributed by atoms with van der Waals surface area (Å²) in [6.07, 6.45) is 13.0. The second kappa shape index (κ2) is 49.5. The molecule has 5 unspecified atom stereocenters. The molecule has 29 heteroatoms. The number of hydrogen-bond donors (Lipinski definition) is 0. The van der Waals surface area contributed by atoms with Crippen molar-refractivity contribution < 1.29 is 96.7 Å². The maximum Gasteiger partial charge on any atom is 0.207 e. The molecule has 0 bridgehead atoms. The van der Waals surface area contributed by atoms with E-state index in [-0.39, 0.29) is 82.8 Å². The third-order valence-corrected chi connectivity index (χ3v) is 27.8. The van der Waals surface area contributed by atoms with E-state index in [1.165, 1.54) is 107 Å². The van der Waals surface area contributed by atoms with Crippen LogP contribution in [0.1, 0.15) is 293 Å². The van der Waals surface area contributed by atoms with Crippen LogP contribution in [0.4, 0.5) is 22.0 Å². The van der Waals surface area contributed by atoms with Crippen LogP contribution in [0.3, 0.4) is 0 Å². The first-order chi connectivity index (χ1) is 68.0. The molecule has 4 fully saturated rings. The van der Waals surface area contributed by atoms with E-state index < -0.39 is 5.67 Å². The number of likely N-dealkylation sites (N-methyl/N-ethyl adjacent to an activating group) is 1. The molecule has 0 amide bonds. The number of Topliss-reactive ketones (excluding diaryl/α,β-unsaturated/α-hetero) is 4. The molecule has 7 heterocycles. The van der Waals surface area contributed by atoms with Gasteiger partial charge in [-0.25, -0.2) is 41.9 Å². The minimum Gasteiger partial charge on any atom is -0.487 e. The van der Waals surface area contributed by atoms with Crippen molar-refractivity contribution in [1.82, 2.24) is 39.5 Å². The van der Waals surface area contributed by atoms with Crippen LogP contribution in [0, 0.1) is 78.7 Å². The number of hydrogen-bond acceptors (Lipinski definition) is 24. The first-order valence-electron chi connectivity index (χ1n) is 50.4. The van der Waals surface area contributed by atoms with E-state index in [1.807, 2.05) is 32.6 Å². The number of aryl methyl sites for hydroxylation is 8. The van der Waals surface area contributed by atoms with Crippen molar-refractivity contribution in [2.45, 2.75) is 257 Å². The van der Waals surface area contributed by atoms with Gasteiger partial charge in [-0.05, 0) is 276 Å². The number of rotatable bonds is 41. The van der Waals surface area contributed by atoms with E-state index in [9.17, 15) is 41.1 Å². The molecular formula is C113H141F5N8O16. The van der Waals surface area contributed by atoms with Gasteiger partial charge in [0.15, 0.2) is 69.7 Å². The Morgan fingerprint density at radius 1 is 0.394 bits per heavy atom. The summed E-state index contributed by atoms with van der Waals surface area (Å²) >= 11 is 0. The average Bonchev–Trinajstić information content (AvgIpc) is 1.44. The summed E-state index contributed by atoms with van der Waals surface area (Å²) in [5.74, 6) is 4.46. The highest BCUT2D eigenvalue weighted by Gasteiger charge is 2.39. The second-order valence-corrected chi connectivity index (χ2v) is 38.8. The van der Waals surface area contributed by atoms with Gasteiger partial charge in [-0.2, -0.15) is 0 Å². The Hall–Kier alpha value is -11.8. The maximum atomic E-state index is 14.5. The molecule has 0 spiro atoms. The maximum absolute atomic E-state index is 14.5. The van der Waals surface area contributed by atoms with E-state index >= 15 is 0 Å². The number of likely N-dealkylation sites (tertiary alicyclic amines) is 3. The number of alkyl halides is 1. The summed E-state index contributed by atoms with van der Waals surface area (Å²) < 4.78 is 142. The van der Waals surface area contributed by atoms with Gasteiger partial charge in [0.25, 0.3) is 0 Å². The molecule has 5 atom stereocenters. The van der Waals surface area contributed by atoms with E-state index in [1.54, 1.807) is 97.0 Å². The van der Waals surface area contributed by atoms with Crippen LogP contribution in [0.5, 0.6) is 46.0 Å². The van der Waals surface area contributed by atoms with Crippen molar-refractivity contribution in [1.29, 1.82) is 0 Å². The van der Waals surface area contributed by atoms with E-state index in [0.29, 0.717) is 233 Å². The highest BCUT2D eigenvalue weighted by atomic mass is 19.1. The molecular weight excluding hydrogens is 1820 g/mol. The summed E-state index contributed by atoms with van der Waals surface area (Å²) in [7, 11) is 0. The van der Waals surface area contributed by atoms with Crippen molar-refractivity contribution in [3.63, 3.8) is 0 Å². The zero-order valence-corrected chi connectivity index (χ0v) is 86.1. The Bertz CT molecular complexity index is 6290. The predicted molar refractivity (Wildman–Crippen MR) is 542 cm³/mol. The van der Waals surface area contributed by atoms with Gasteiger partial charge in [-0.15, -0.1) is 0 Å². The largest absolute Gasteiger partial charge is 0.487 e. The minimum atomic E-state index is -1.20. The van der Waals surface area contributed by atoms with E-state index in [4.69, 9.17) is 55.6 Å². The lowest BCUT2D eigenvalue weighted by atomic mass is 9.97. The fourth-order valence-electron chi connectivity index (χ4n) is 19.6. The van der Waals surface area contributed by atoms with Gasteiger partial charge in [0, 0.05) is 73.0 Å². The van der Waals surface area contributed by atoms with Gasteiger partial charge in [0.05, 0.1) is 48.7 Å². The molecule has 1 aliphatic carbocycles. The van der Waals surface area contributed by atoms with Gasteiger partial charge in [-0.3, -0.25) is 33.9 Å². The molecule has 12 aromatic rings. The fraction of sp³-hybridized carbons (Fsp3) is 0.504. The van der Waals surface area contributed by atoms with Gasteiger partial charge in [0.2, 0.25) is 45.3 Å². The summed E-state index contributed by atoms with van der Waals surface area (Å²) in [5.41, 5.74) is 12.1. The minimum absolute atomic E-state index is 0.00468. The van der Waals surface area contributed by atoms with Crippen LogP contribution in [0.15, 0.2) is 115 Å². The molecule has 16 rings (SSSR count). The lowest BCUT2D eigenvalue weighted by Crippen LogP contribution is -2.57. The van der Waals surface area contributed by atoms with Crippen LogP contribution in [-0.2, 0) is 0 Å². The van der Waals surface area contributed by atoms with Gasteiger partial charge in [-0.1, -0.05) is 109 Å². The first-order valence-corrected chi connectivity index (χ1v) is 50.4. The number of piperidine rings is 2. The van der Waals surface area contributed by atoms with Crippen LogP contribution in [0.25, 0.3) is 44.4 Å². The number of fused-ring (bicyclic) bond motifs is 4. The Balaban J connectivity index is 0.000000159. The van der Waals surface area contributed by atoms with Gasteiger partial charge >= 0.3 is 0 Å². The Morgan fingerprint density at radius 3 is 0.993 bits per heavy atom. The number of carbonyl (C=O) groups excluding carboxylic acids is 4. The topological polar surface area (TPSA) is 259 Å². The van der Waals surface area contributed by atoms with Crippen LogP contribution < -0.4 is 37.9 Å². The number of ether oxygens (including phenoxy) is 8. The lowest BCUT2D eigenvalue weighted by Gasteiger charge is -2.43. The van der Waals surface area contributed by atoms with Crippen molar-refractivity contribution in [2.75, 3.05) is 118 Å². The summed E-state index contributed by atoms with van der Waals surface area (Å²) in [5, 5.41) is 0. The highest BCUT2D eigenvalue weighted by molar-refractivity contribution is 6.08. The monoisotopic (exact) mass is 1960 g/mol. The van der Waals surface area contributed by atoms with Gasteiger partial charge in [0.1, 0.15) is 76.9 Å². The molecule has 3 saturated heterocycles. The Kier molecular flexibility index (Phi) is 37.4. The van der Waals surface area contributed by atoms with E-state index in [0.717, 1.165) is 104 Å². The summed E-state index contributed by atoms with van der Waals surface area (Å²) in [4.78, 5) is 78.1. The average molecular weight is 1960 g/mol. The van der Waals surface area contributed by atoms with Crippen LogP contribution >= 0.6 is 0 Å². The zero-order chi connectivity index (χ0) is 102. The Labute approximate surface area is 830 Å². The number of aromatic nitrogens is 4. The number of carbonyl (C=O) groups is 4. The third-order valence-electron chi connectivity index (χ3n) is 27.8. The molecule has 3 aliphatic heterocycles. The Morgan fingerprint density at radius 2 is 0.683 bits per heavy atom. The quantitative estimate of drug-likeness (QED) is 0.0255. The summed E-state index contributed by atoms with van der Waals surface area (Å²) in [6, 6.07) is 26.7.